The van der Waals surface area contributed by atoms with E-state index in [2.05, 4.69) is 48.5 Å². The molecule has 0 bridgehead atoms. The van der Waals surface area contributed by atoms with Crippen molar-refractivity contribution in [1.82, 2.24) is 4.90 Å². The number of amides is 1. The van der Waals surface area contributed by atoms with Crippen LogP contribution in [0.4, 0.5) is 4.79 Å². The lowest BCUT2D eigenvalue weighted by atomic mass is 9.75. The highest BCUT2D eigenvalue weighted by Crippen LogP contribution is 2.56. The van der Waals surface area contributed by atoms with Gasteiger partial charge in [-0.05, 0) is 94.8 Å². The molecule has 2 rings (SSSR count). The molecule has 0 aromatic carbocycles. The van der Waals surface area contributed by atoms with Crippen LogP contribution < -0.4 is 0 Å². The highest BCUT2D eigenvalue weighted by Gasteiger charge is 2.46. The zero-order valence-corrected chi connectivity index (χ0v) is 23.8. The number of carbonyl (C=O) groups is 1. The smallest absolute Gasteiger partial charge is 0.409 e. The molecule has 4 nitrogen and oxygen atoms in total. The second kappa shape index (κ2) is 12.6. The lowest BCUT2D eigenvalue weighted by molar-refractivity contribution is 0.0538. The highest BCUT2D eigenvalue weighted by molar-refractivity contribution is 5.68. The van der Waals surface area contributed by atoms with E-state index in [1.165, 1.54) is 25.7 Å². The van der Waals surface area contributed by atoms with Crippen LogP contribution in [0.25, 0.3) is 0 Å². The van der Waals surface area contributed by atoms with E-state index in [1.54, 1.807) is 18.9 Å². The summed E-state index contributed by atoms with van der Waals surface area (Å²) in [5, 5.41) is 9.35. The number of nitrogens with zero attached hydrogens (tertiary/aromatic N) is 1. The van der Waals surface area contributed by atoms with Gasteiger partial charge in [0.15, 0.2) is 0 Å². The third-order valence-electron chi connectivity index (χ3n) is 6.94. The van der Waals surface area contributed by atoms with Crippen molar-refractivity contribution in [2.75, 3.05) is 13.7 Å². The first-order chi connectivity index (χ1) is 14.4. The van der Waals surface area contributed by atoms with Gasteiger partial charge in [0.25, 0.3) is 0 Å². The summed E-state index contributed by atoms with van der Waals surface area (Å²) in [7, 11) is 1.73. The fourth-order valence-electron chi connectivity index (χ4n) is 4.88. The average Bonchev–Trinajstić information content (AvgIpc) is 3.48. The Labute approximate surface area is 200 Å². The molecular weight excluding hydrogens is 398 g/mol. The molecule has 0 saturated heterocycles. The van der Waals surface area contributed by atoms with Gasteiger partial charge in [0, 0.05) is 12.6 Å². The van der Waals surface area contributed by atoms with Gasteiger partial charge in [-0.15, -0.1) is 0 Å². The Morgan fingerprint density at radius 3 is 1.47 bits per heavy atom. The zero-order chi connectivity index (χ0) is 25.5. The van der Waals surface area contributed by atoms with Crippen molar-refractivity contribution in [1.29, 1.82) is 0 Å². The van der Waals surface area contributed by atoms with Gasteiger partial charge in [0.05, 0.1) is 12.7 Å². The SMILES string of the molecule is CC(C)(C)C(C1CC1)C1CC1.CCOC(=O)N(C)C(C)(C)C.CC[C@@H](C(C)O)C(C)(C)C. The predicted octanol–water partition coefficient (Wildman–Crippen LogP) is 7.78. The maximum absolute atomic E-state index is 11.1. The molecule has 0 aliphatic heterocycles. The Hall–Kier alpha value is -0.770. The molecular formula is C28H57NO3. The van der Waals surface area contributed by atoms with Gasteiger partial charge in [0.2, 0.25) is 0 Å². The first-order valence-electron chi connectivity index (χ1n) is 13.0. The largest absolute Gasteiger partial charge is 0.450 e. The number of hydrogen-bond donors (Lipinski definition) is 1. The standard InChI is InChI=1S/C11H20.C9H20O.C8H17NO2/c1-11(2,3)10(8-4-5-8)9-6-7-9;1-6-8(7(2)10)9(3,4)5;1-6-11-7(10)9(5)8(2,3)4/h8-10H,4-7H2,1-3H3;7-8,10H,6H2,1-5H3;6H2,1-5H3/t;7?,8-;/m.0./s1. The van der Waals surface area contributed by atoms with Crippen molar-refractivity contribution in [3.05, 3.63) is 0 Å². The fourth-order valence-corrected chi connectivity index (χ4v) is 4.88. The van der Waals surface area contributed by atoms with Crippen LogP contribution in [-0.4, -0.2) is 41.4 Å². The molecule has 0 spiro atoms. The van der Waals surface area contributed by atoms with E-state index < -0.39 is 0 Å². The van der Waals surface area contributed by atoms with E-state index in [1.807, 2.05) is 27.7 Å². The number of carbonyl (C=O) groups excluding carboxylic acids is 1. The molecule has 4 heteroatoms. The second-order valence-corrected chi connectivity index (χ2v) is 13.1. The fraction of sp³-hybridized carbons (Fsp3) is 0.964. The summed E-state index contributed by atoms with van der Waals surface area (Å²) in [6.45, 7) is 25.9. The van der Waals surface area contributed by atoms with Crippen molar-refractivity contribution in [3.8, 4) is 0 Å². The molecule has 2 aliphatic carbocycles. The number of rotatable bonds is 5. The topological polar surface area (TPSA) is 49.8 Å². The lowest BCUT2D eigenvalue weighted by Gasteiger charge is -2.31. The Bertz CT molecular complexity index is 516. The maximum Gasteiger partial charge on any atom is 0.409 e. The minimum absolute atomic E-state index is 0.160. The van der Waals surface area contributed by atoms with Crippen molar-refractivity contribution in [2.45, 2.75) is 127 Å². The van der Waals surface area contributed by atoms with Crippen LogP contribution in [0.15, 0.2) is 0 Å². The summed E-state index contributed by atoms with van der Waals surface area (Å²) in [6, 6.07) is 0. The molecule has 32 heavy (non-hydrogen) atoms. The van der Waals surface area contributed by atoms with Crippen molar-refractivity contribution in [3.63, 3.8) is 0 Å². The van der Waals surface area contributed by atoms with Crippen LogP contribution in [0.1, 0.15) is 115 Å². The minimum atomic E-state index is -0.264. The second-order valence-electron chi connectivity index (χ2n) is 13.1. The van der Waals surface area contributed by atoms with Crippen LogP contribution >= 0.6 is 0 Å². The molecule has 2 saturated carbocycles. The van der Waals surface area contributed by atoms with Crippen LogP contribution in [0, 0.1) is 34.5 Å². The molecule has 2 atom stereocenters. The Kier molecular flexibility index (Phi) is 12.3. The molecule has 0 aromatic rings. The van der Waals surface area contributed by atoms with Gasteiger partial charge in [-0.2, -0.15) is 0 Å². The maximum atomic E-state index is 11.1. The molecule has 0 heterocycles. The molecule has 2 aliphatic rings. The van der Waals surface area contributed by atoms with Gasteiger partial charge in [-0.1, -0.05) is 54.9 Å². The van der Waals surface area contributed by atoms with Gasteiger partial charge in [-0.3, -0.25) is 0 Å². The summed E-state index contributed by atoms with van der Waals surface area (Å²) in [5.41, 5.74) is 0.664. The predicted molar refractivity (Wildman–Crippen MR) is 138 cm³/mol. The minimum Gasteiger partial charge on any atom is -0.450 e. The molecule has 1 N–H and O–H groups in total. The van der Waals surface area contributed by atoms with E-state index in [-0.39, 0.29) is 23.2 Å². The van der Waals surface area contributed by atoms with Gasteiger partial charge >= 0.3 is 6.09 Å². The van der Waals surface area contributed by atoms with E-state index in [0.717, 1.165) is 24.2 Å². The molecule has 1 unspecified atom stereocenters. The van der Waals surface area contributed by atoms with Gasteiger partial charge in [0.1, 0.15) is 0 Å². The molecule has 0 radical (unpaired) electrons. The summed E-state index contributed by atoms with van der Waals surface area (Å²) in [6.07, 6.45) is 6.72. The Balaban J connectivity index is 0.000000452. The molecule has 2 fully saturated rings. The van der Waals surface area contributed by atoms with E-state index in [0.29, 0.717) is 17.9 Å². The van der Waals surface area contributed by atoms with Crippen molar-refractivity contribution in [2.24, 2.45) is 34.5 Å². The van der Waals surface area contributed by atoms with E-state index in [9.17, 15) is 9.90 Å². The number of aliphatic hydroxyl groups is 1. The summed E-state index contributed by atoms with van der Waals surface area (Å²) in [4.78, 5) is 12.7. The third-order valence-corrected chi connectivity index (χ3v) is 6.94. The zero-order valence-electron chi connectivity index (χ0n) is 23.8. The van der Waals surface area contributed by atoms with Gasteiger partial charge < -0.3 is 14.7 Å². The average molecular weight is 456 g/mol. The van der Waals surface area contributed by atoms with Crippen molar-refractivity contribution < 1.29 is 14.6 Å². The van der Waals surface area contributed by atoms with Gasteiger partial charge in [-0.25, -0.2) is 4.79 Å². The van der Waals surface area contributed by atoms with Crippen LogP contribution in [0.3, 0.4) is 0 Å². The van der Waals surface area contributed by atoms with E-state index >= 15 is 0 Å². The number of aliphatic hydroxyl groups excluding tert-OH is 1. The van der Waals surface area contributed by atoms with Crippen LogP contribution in [0.2, 0.25) is 0 Å². The van der Waals surface area contributed by atoms with Crippen LogP contribution in [-0.2, 0) is 4.74 Å². The molecule has 1 amide bonds. The van der Waals surface area contributed by atoms with Crippen LogP contribution in [0.5, 0.6) is 0 Å². The number of hydrogen-bond acceptors (Lipinski definition) is 3. The summed E-state index contributed by atoms with van der Waals surface area (Å²) in [5.74, 6) is 3.71. The number of ether oxygens (including phenoxy) is 1. The highest BCUT2D eigenvalue weighted by atomic mass is 16.6. The summed E-state index contributed by atoms with van der Waals surface area (Å²) >= 11 is 0. The lowest BCUT2D eigenvalue weighted by Crippen LogP contribution is -2.42. The normalized spacial score (nSPS) is 18.6. The Morgan fingerprint density at radius 1 is 0.906 bits per heavy atom. The first kappa shape index (κ1) is 31.2. The molecule has 192 valence electrons. The van der Waals surface area contributed by atoms with Crippen molar-refractivity contribution >= 4 is 6.09 Å². The molecule has 0 aromatic heterocycles. The van der Waals surface area contributed by atoms with E-state index in [4.69, 9.17) is 4.74 Å². The summed E-state index contributed by atoms with van der Waals surface area (Å²) < 4.78 is 4.82. The third kappa shape index (κ3) is 11.9. The first-order valence-corrected chi connectivity index (χ1v) is 13.0. The quantitative estimate of drug-likeness (QED) is 0.460. The monoisotopic (exact) mass is 455 g/mol. The Morgan fingerprint density at radius 2 is 1.31 bits per heavy atom.